The van der Waals surface area contributed by atoms with E-state index in [0.717, 1.165) is 42.0 Å². The largest absolute Gasteiger partial charge is 0.333 e. The number of nitrogens with one attached hydrogen (secondary N) is 1. The van der Waals surface area contributed by atoms with Gasteiger partial charge >= 0.3 is 6.03 Å². The van der Waals surface area contributed by atoms with Crippen molar-refractivity contribution >= 4 is 52.2 Å². The van der Waals surface area contributed by atoms with Crippen molar-refractivity contribution in [1.29, 1.82) is 0 Å². The Morgan fingerprint density at radius 3 is 2.26 bits per heavy atom. The van der Waals surface area contributed by atoms with Gasteiger partial charge in [-0.2, -0.15) is 0 Å². The number of carbonyl (C=O) groups excluding carboxylic acids is 1. The Kier molecular flexibility index (Phi) is 7.30. The number of rotatable bonds is 5. The fraction of sp³-hybridized carbons (Fsp3) is 0.219. The highest BCUT2D eigenvalue weighted by atomic mass is 35.5. The Balaban J connectivity index is 1.49. The Bertz CT molecular complexity index is 1520. The van der Waals surface area contributed by atoms with Crippen molar-refractivity contribution in [3.8, 4) is 11.1 Å². The number of para-hydroxylation sites is 1. The first-order chi connectivity index (χ1) is 18.9. The number of urea groups is 1. The molecular formula is C32H28Cl3N3O. The zero-order chi connectivity index (χ0) is 27.1. The quantitative estimate of drug-likeness (QED) is 0.257. The van der Waals surface area contributed by atoms with Crippen LogP contribution in [0.1, 0.15) is 29.5 Å². The summed E-state index contributed by atoms with van der Waals surface area (Å²) in [5.41, 5.74) is 6.68. The number of carbonyl (C=O) groups is 1. The van der Waals surface area contributed by atoms with Gasteiger partial charge in [-0.05, 0) is 46.9 Å². The summed E-state index contributed by atoms with van der Waals surface area (Å²) >= 11 is 20.0. The number of benzene rings is 4. The van der Waals surface area contributed by atoms with Crippen molar-refractivity contribution in [3.05, 3.63) is 117 Å². The average Bonchev–Trinajstić information content (AvgIpc) is 3.29. The number of fused-ring (bicyclic) bond motifs is 1. The van der Waals surface area contributed by atoms with E-state index in [1.165, 1.54) is 11.1 Å². The average molecular weight is 577 g/mol. The first-order valence-corrected chi connectivity index (χ1v) is 14.2. The molecule has 1 saturated heterocycles. The number of anilines is 2. The van der Waals surface area contributed by atoms with E-state index in [9.17, 15) is 4.79 Å². The minimum atomic E-state index is -0.259. The van der Waals surface area contributed by atoms with Crippen LogP contribution in [0.25, 0.3) is 11.1 Å². The molecule has 0 bridgehead atoms. The molecule has 7 heteroatoms. The molecular weight excluding hydrogens is 549 g/mol. The fourth-order valence-electron chi connectivity index (χ4n) is 5.95. The highest BCUT2D eigenvalue weighted by molar-refractivity contribution is 6.40. The predicted octanol–water partition coefficient (Wildman–Crippen LogP) is 8.91. The molecule has 0 spiro atoms. The molecule has 198 valence electrons. The second-order valence-electron chi connectivity index (χ2n) is 10.4. The fourth-order valence-corrected chi connectivity index (χ4v) is 6.75. The molecule has 6 rings (SSSR count). The molecule has 2 aliphatic rings. The number of hydrogen-bond donors (Lipinski definition) is 1. The Morgan fingerprint density at radius 2 is 1.51 bits per heavy atom. The normalized spacial score (nSPS) is 19.2. The molecule has 39 heavy (non-hydrogen) atoms. The number of hydrogen-bond acceptors (Lipinski definition) is 2. The molecule has 4 aromatic carbocycles. The zero-order valence-corrected chi connectivity index (χ0v) is 23.8. The van der Waals surface area contributed by atoms with E-state index in [4.69, 9.17) is 34.8 Å². The molecule has 1 N–H and O–H groups in total. The van der Waals surface area contributed by atoms with Gasteiger partial charge in [-0.25, -0.2) is 4.79 Å². The summed E-state index contributed by atoms with van der Waals surface area (Å²) in [5.74, 6) is 0.717. The van der Waals surface area contributed by atoms with Crippen LogP contribution in [0.3, 0.4) is 0 Å². The van der Waals surface area contributed by atoms with E-state index >= 15 is 0 Å². The molecule has 2 amide bonds. The lowest BCUT2D eigenvalue weighted by atomic mass is 9.85. The number of halogens is 3. The molecule has 2 aliphatic heterocycles. The van der Waals surface area contributed by atoms with Crippen molar-refractivity contribution in [3.63, 3.8) is 0 Å². The minimum Gasteiger partial charge on any atom is -0.333 e. The number of nitrogens with zero attached hydrogens (tertiary/aromatic N) is 2. The highest BCUT2D eigenvalue weighted by Crippen LogP contribution is 2.46. The van der Waals surface area contributed by atoms with E-state index in [1.54, 1.807) is 23.1 Å². The smallest absolute Gasteiger partial charge is 0.326 e. The van der Waals surface area contributed by atoms with Gasteiger partial charge < -0.3 is 5.32 Å². The molecule has 1 fully saturated rings. The number of likely N-dealkylation sites (tertiary alicyclic amines) is 1. The van der Waals surface area contributed by atoms with Crippen molar-refractivity contribution in [2.24, 2.45) is 5.92 Å². The Labute approximate surface area is 244 Å². The first kappa shape index (κ1) is 26.2. The summed E-state index contributed by atoms with van der Waals surface area (Å²) in [4.78, 5) is 17.5. The molecule has 4 aromatic rings. The van der Waals surface area contributed by atoms with Gasteiger partial charge in [-0.3, -0.25) is 9.80 Å². The van der Waals surface area contributed by atoms with E-state index in [-0.39, 0.29) is 11.9 Å². The standard InChI is InChI=1S/C32H28Cl3N3O/c1-20-17-37(18-21-8-3-2-4-9-21)19-26(20)22-14-24(23-10-5-6-11-27(23)33)25-16-36-32(39)38(30(25)15-22)31-28(34)12-7-13-29(31)35/h2-15,20,26H,16-19H2,1H3,(H,36,39). The van der Waals surface area contributed by atoms with Gasteiger partial charge in [0, 0.05) is 48.2 Å². The van der Waals surface area contributed by atoms with E-state index in [1.807, 2.05) is 24.3 Å². The molecule has 0 aliphatic carbocycles. The van der Waals surface area contributed by atoms with E-state index in [2.05, 4.69) is 59.6 Å². The molecule has 0 radical (unpaired) electrons. The lowest BCUT2D eigenvalue weighted by molar-refractivity contribution is 0.247. The monoisotopic (exact) mass is 575 g/mol. The van der Waals surface area contributed by atoms with Gasteiger partial charge in [-0.15, -0.1) is 0 Å². The minimum absolute atomic E-state index is 0.259. The Hall–Kier alpha value is -3.02. The summed E-state index contributed by atoms with van der Waals surface area (Å²) in [6.45, 7) is 5.52. The van der Waals surface area contributed by atoms with Crippen LogP contribution in [0.5, 0.6) is 0 Å². The number of amides is 2. The van der Waals surface area contributed by atoms with Gasteiger partial charge in [0.2, 0.25) is 0 Å². The predicted molar refractivity (Wildman–Crippen MR) is 161 cm³/mol. The summed E-state index contributed by atoms with van der Waals surface area (Å²) in [6.07, 6.45) is 0. The molecule has 0 aromatic heterocycles. The van der Waals surface area contributed by atoms with Crippen LogP contribution in [0.2, 0.25) is 15.1 Å². The molecule has 2 heterocycles. The van der Waals surface area contributed by atoms with Crippen molar-refractivity contribution in [2.75, 3.05) is 18.0 Å². The van der Waals surface area contributed by atoms with Gasteiger partial charge in [0.05, 0.1) is 21.4 Å². The topological polar surface area (TPSA) is 35.6 Å². The third-order valence-corrected chi connectivity index (χ3v) is 8.74. The van der Waals surface area contributed by atoms with Crippen LogP contribution in [-0.2, 0) is 13.1 Å². The van der Waals surface area contributed by atoms with Crippen molar-refractivity contribution in [1.82, 2.24) is 10.2 Å². The lowest BCUT2D eigenvalue weighted by Crippen LogP contribution is -2.41. The summed E-state index contributed by atoms with van der Waals surface area (Å²) < 4.78 is 0. The van der Waals surface area contributed by atoms with Crippen LogP contribution in [0.15, 0.2) is 84.9 Å². The molecule has 4 nitrogen and oxygen atoms in total. The van der Waals surface area contributed by atoms with Crippen LogP contribution < -0.4 is 10.2 Å². The van der Waals surface area contributed by atoms with Crippen LogP contribution in [0, 0.1) is 5.92 Å². The summed E-state index contributed by atoms with van der Waals surface area (Å²) in [6, 6.07) is 27.9. The third kappa shape index (κ3) is 5.03. The van der Waals surface area contributed by atoms with Crippen LogP contribution in [-0.4, -0.2) is 24.0 Å². The van der Waals surface area contributed by atoms with Crippen molar-refractivity contribution < 1.29 is 4.79 Å². The molecule has 2 unspecified atom stereocenters. The first-order valence-electron chi connectivity index (χ1n) is 13.1. The Morgan fingerprint density at radius 1 is 0.821 bits per heavy atom. The lowest BCUT2D eigenvalue weighted by Gasteiger charge is -2.34. The van der Waals surface area contributed by atoms with Crippen molar-refractivity contribution in [2.45, 2.75) is 25.9 Å². The van der Waals surface area contributed by atoms with E-state index < -0.39 is 0 Å². The van der Waals surface area contributed by atoms with Gasteiger partial charge in [0.15, 0.2) is 0 Å². The van der Waals surface area contributed by atoms with E-state index in [0.29, 0.717) is 33.2 Å². The summed E-state index contributed by atoms with van der Waals surface area (Å²) in [7, 11) is 0. The van der Waals surface area contributed by atoms with Crippen LogP contribution >= 0.6 is 34.8 Å². The second-order valence-corrected chi connectivity index (χ2v) is 11.6. The maximum atomic E-state index is 13.4. The summed E-state index contributed by atoms with van der Waals surface area (Å²) in [5, 5.41) is 4.52. The molecule has 2 atom stereocenters. The maximum absolute atomic E-state index is 13.4. The SMILES string of the molecule is CC1CN(Cc2ccccc2)CC1c1cc(-c2ccccc2Cl)c2c(c1)N(c1c(Cl)cccc1Cl)C(=O)NC2. The maximum Gasteiger partial charge on any atom is 0.326 e. The second kappa shape index (κ2) is 10.9. The van der Waals surface area contributed by atoms with Gasteiger partial charge in [0.25, 0.3) is 0 Å². The van der Waals surface area contributed by atoms with Gasteiger partial charge in [-0.1, -0.05) is 102 Å². The molecule has 0 saturated carbocycles. The zero-order valence-electron chi connectivity index (χ0n) is 21.5. The highest BCUT2D eigenvalue weighted by Gasteiger charge is 2.35. The third-order valence-electron chi connectivity index (χ3n) is 7.80. The van der Waals surface area contributed by atoms with Crippen LogP contribution in [0.4, 0.5) is 16.2 Å². The van der Waals surface area contributed by atoms with Gasteiger partial charge in [0.1, 0.15) is 0 Å².